The number of hydrogen-bond donors (Lipinski definition) is 1. The van der Waals surface area contributed by atoms with Crippen LogP contribution in [0.15, 0.2) is 28.7 Å². The van der Waals surface area contributed by atoms with E-state index >= 15 is 0 Å². The Hall–Kier alpha value is -0.380. The average Bonchev–Trinajstić information content (AvgIpc) is 2.64. The van der Waals surface area contributed by atoms with Crippen LogP contribution in [-0.4, -0.2) is 30.6 Å². The molecule has 1 N–H and O–H groups in total. The van der Waals surface area contributed by atoms with Crippen molar-refractivity contribution in [1.29, 1.82) is 0 Å². The van der Waals surface area contributed by atoms with Crippen LogP contribution >= 0.6 is 15.9 Å². The highest BCUT2D eigenvalue weighted by molar-refractivity contribution is 9.10. The molecule has 1 atom stereocenters. The lowest BCUT2D eigenvalue weighted by atomic mass is 9.99. The van der Waals surface area contributed by atoms with Crippen molar-refractivity contribution in [2.75, 3.05) is 20.1 Å². The molecule has 0 bridgehead atoms. The second kappa shape index (κ2) is 5.51. The summed E-state index contributed by atoms with van der Waals surface area (Å²) in [6.07, 6.45) is 2.59. The second-order valence-corrected chi connectivity index (χ2v) is 6.31. The van der Waals surface area contributed by atoms with Crippen molar-refractivity contribution in [3.8, 4) is 0 Å². The van der Waals surface area contributed by atoms with Gasteiger partial charge in [0.25, 0.3) is 0 Å². The summed E-state index contributed by atoms with van der Waals surface area (Å²) in [4.78, 5) is 2.40. The van der Waals surface area contributed by atoms with Crippen molar-refractivity contribution in [3.63, 3.8) is 0 Å². The van der Waals surface area contributed by atoms with E-state index in [4.69, 9.17) is 0 Å². The van der Waals surface area contributed by atoms with Crippen molar-refractivity contribution < 1.29 is 0 Å². The number of likely N-dealkylation sites (N-methyl/N-ethyl adjacent to an activating group) is 1. The minimum Gasteiger partial charge on any atom is -0.310 e. The maximum absolute atomic E-state index is 3.61. The van der Waals surface area contributed by atoms with Gasteiger partial charge in [-0.25, -0.2) is 0 Å². The first-order valence-electron chi connectivity index (χ1n) is 6.25. The van der Waals surface area contributed by atoms with E-state index in [0.717, 1.165) is 17.6 Å². The zero-order valence-corrected chi connectivity index (χ0v) is 12.3. The quantitative estimate of drug-likeness (QED) is 0.919. The lowest BCUT2D eigenvalue weighted by Gasteiger charge is -2.30. The third-order valence-corrected chi connectivity index (χ3v) is 3.91. The lowest BCUT2D eigenvalue weighted by molar-refractivity contribution is 0.234. The van der Waals surface area contributed by atoms with E-state index in [1.54, 1.807) is 0 Å². The van der Waals surface area contributed by atoms with Gasteiger partial charge >= 0.3 is 0 Å². The van der Waals surface area contributed by atoms with Crippen LogP contribution in [0.1, 0.15) is 25.3 Å². The van der Waals surface area contributed by atoms with Gasteiger partial charge in [-0.2, -0.15) is 0 Å². The predicted molar refractivity (Wildman–Crippen MR) is 76.1 cm³/mol. The summed E-state index contributed by atoms with van der Waals surface area (Å²) >= 11 is 3.52. The van der Waals surface area contributed by atoms with Gasteiger partial charge in [-0.15, -0.1) is 0 Å². The number of halogens is 1. The molecule has 1 aliphatic heterocycles. The largest absolute Gasteiger partial charge is 0.310 e. The number of nitrogens with zero attached hydrogens (tertiary/aromatic N) is 1. The maximum atomic E-state index is 3.61. The third-order valence-electron chi connectivity index (χ3n) is 3.42. The van der Waals surface area contributed by atoms with Crippen molar-refractivity contribution in [3.05, 3.63) is 34.3 Å². The molecule has 94 valence electrons. The summed E-state index contributed by atoms with van der Waals surface area (Å²) < 4.78 is 1.16. The van der Waals surface area contributed by atoms with Crippen LogP contribution in [0.3, 0.4) is 0 Å². The molecule has 0 aromatic heterocycles. The normalized spacial score (nSPS) is 24.5. The van der Waals surface area contributed by atoms with Crippen LogP contribution < -0.4 is 5.32 Å². The highest BCUT2D eigenvalue weighted by Gasteiger charge is 2.28. The lowest BCUT2D eigenvalue weighted by Crippen LogP contribution is -2.46. The average molecular weight is 297 g/mol. The van der Waals surface area contributed by atoms with Gasteiger partial charge in [-0.1, -0.05) is 28.1 Å². The summed E-state index contributed by atoms with van der Waals surface area (Å²) in [6, 6.07) is 8.55. The van der Waals surface area contributed by atoms with Gasteiger partial charge in [0, 0.05) is 23.1 Å². The summed E-state index contributed by atoms with van der Waals surface area (Å²) in [6.45, 7) is 5.62. The van der Waals surface area contributed by atoms with Crippen molar-refractivity contribution >= 4 is 15.9 Å². The highest BCUT2D eigenvalue weighted by atomic mass is 79.9. The molecule has 17 heavy (non-hydrogen) atoms. The molecular formula is C14H21BrN2. The zero-order valence-electron chi connectivity index (χ0n) is 10.7. The SMILES string of the molecule is CN(Cc1cccc(Br)c1)CC1(C)CCCN1. The number of nitrogens with one attached hydrogen (secondary N) is 1. The molecule has 2 nitrogen and oxygen atoms in total. The Morgan fingerprint density at radius 3 is 2.94 bits per heavy atom. The molecule has 1 fully saturated rings. The fraction of sp³-hybridized carbons (Fsp3) is 0.571. The van der Waals surface area contributed by atoms with Crippen LogP contribution in [0.25, 0.3) is 0 Å². The van der Waals surface area contributed by atoms with E-state index < -0.39 is 0 Å². The van der Waals surface area contributed by atoms with E-state index in [1.165, 1.54) is 24.9 Å². The first-order chi connectivity index (χ1) is 8.07. The Labute approximate surface area is 113 Å². The van der Waals surface area contributed by atoms with Crippen LogP contribution in [0.2, 0.25) is 0 Å². The van der Waals surface area contributed by atoms with Gasteiger partial charge in [0.2, 0.25) is 0 Å². The summed E-state index contributed by atoms with van der Waals surface area (Å²) in [5.74, 6) is 0. The number of hydrogen-bond acceptors (Lipinski definition) is 2. The third kappa shape index (κ3) is 3.80. The molecule has 2 rings (SSSR count). The Balaban J connectivity index is 1.90. The van der Waals surface area contributed by atoms with E-state index in [0.29, 0.717) is 5.54 Å². The smallest absolute Gasteiger partial charge is 0.0280 e. The molecular weight excluding hydrogens is 276 g/mol. The Morgan fingerprint density at radius 2 is 2.29 bits per heavy atom. The minimum atomic E-state index is 0.306. The topological polar surface area (TPSA) is 15.3 Å². The Kier molecular flexibility index (Phi) is 4.23. The summed E-state index contributed by atoms with van der Waals surface area (Å²) in [7, 11) is 2.20. The molecule has 3 heteroatoms. The molecule has 0 saturated carbocycles. The van der Waals surface area contributed by atoms with Crippen LogP contribution in [0.5, 0.6) is 0 Å². The first-order valence-corrected chi connectivity index (χ1v) is 7.05. The molecule has 1 aromatic rings. The van der Waals surface area contributed by atoms with E-state index in [1.807, 2.05) is 0 Å². The minimum absolute atomic E-state index is 0.306. The summed E-state index contributed by atoms with van der Waals surface area (Å²) in [5.41, 5.74) is 1.67. The van der Waals surface area contributed by atoms with E-state index in [-0.39, 0.29) is 0 Å². The second-order valence-electron chi connectivity index (χ2n) is 5.39. The van der Waals surface area contributed by atoms with Gasteiger partial charge in [0.1, 0.15) is 0 Å². The Morgan fingerprint density at radius 1 is 1.47 bits per heavy atom. The molecule has 0 spiro atoms. The molecule has 0 radical (unpaired) electrons. The predicted octanol–water partition coefficient (Wildman–Crippen LogP) is 3.02. The standard InChI is InChI=1S/C14H21BrN2/c1-14(7-4-8-16-14)11-17(2)10-12-5-3-6-13(15)9-12/h3,5-6,9,16H,4,7-8,10-11H2,1-2H3. The zero-order chi connectivity index (χ0) is 12.3. The fourth-order valence-electron chi connectivity index (χ4n) is 2.69. The van der Waals surface area contributed by atoms with Crippen LogP contribution in [-0.2, 0) is 6.54 Å². The van der Waals surface area contributed by atoms with Crippen molar-refractivity contribution in [2.24, 2.45) is 0 Å². The number of rotatable bonds is 4. The summed E-state index contributed by atoms with van der Waals surface area (Å²) in [5, 5.41) is 3.61. The first kappa shape index (κ1) is 13.1. The van der Waals surface area contributed by atoms with E-state index in [2.05, 4.69) is 64.4 Å². The molecule has 1 unspecified atom stereocenters. The van der Waals surface area contributed by atoms with Crippen LogP contribution in [0.4, 0.5) is 0 Å². The monoisotopic (exact) mass is 296 g/mol. The van der Waals surface area contributed by atoms with Crippen molar-refractivity contribution in [1.82, 2.24) is 10.2 Å². The highest BCUT2D eigenvalue weighted by Crippen LogP contribution is 2.20. The van der Waals surface area contributed by atoms with E-state index in [9.17, 15) is 0 Å². The molecule has 1 aromatic carbocycles. The molecule has 0 aliphatic carbocycles. The van der Waals surface area contributed by atoms with Gasteiger partial charge in [-0.3, -0.25) is 0 Å². The molecule has 1 saturated heterocycles. The maximum Gasteiger partial charge on any atom is 0.0280 e. The molecule has 1 aliphatic rings. The van der Waals surface area contributed by atoms with Gasteiger partial charge in [-0.05, 0) is 51.1 Å². The van der Waals surface area contributed by atoms with Gasteiger partial charge in [0.15, 0.2) is 0 Å². The molecule has 1 heterocycles. The fourth-order valence-corrected chi connectivity index (χ4v) is 3.14. The Bertz CT molecular complexity index is 372. The van der Waals surface area contributed by atoms with Crippen LogP contribution in [0, 0.1) is 0 Å². The van der Waals surface area contributed by atoms with Gasteiger partial charge in [0.05, 0.1) is 0 Å². The van der Waals surface area contributed by atoms with Crippen molar-refractivity contribution in [2.45, 2.75) is 31.8 Å². The molecule has 0 amide bonds. The number of benzene rings is 1. The van der Waals surface area contributed by atoms with Gasteiger partial charge < -0.3 is 10.2 Å².